The highest BCUT2D eigenvalue weighted by molar-refractivity contribution is 7.87. The largest absolute Gasteiger partial charge is 0.378 e. The lowest BCUT2D eigenvalue weighted by Gasteiger charge is -2.13. The number of nitrogens with one attached hydrogen (secondary N) is 1. The number of halogens is 1. The van der Waals surface area contributed by atoms with Crippen LogP contribution in [0.1, 0.15) is 11.1 Å². The van der Waals surface area contributed by atoms with E-state index >= 15 is 0 Å². The standard InChI is InChI=1S/C27H21ClN4O5S/c1-18-13-14-31-25(15-18)30-26(27(31)29-17-19-7-3-2-4-8-19)21-9-5-6-10-24(21)37-38(35,36)20-11-12-22(28)23(16-20)32(33)34/h2-16,29H,17H2,1H3. The fraction of sp³-hybridized carbons (Fsp3) is 0.0741. The Morgan fingerprint density at radius 1 is 1.03 bits per heavy atom. The third-order valence-corrected chi connectivity index (χ3v) is 7.38. The molecule has 0 saturated heterocycles. The van der Waals surface area contributed by atoms with Crippen LogP contribution in [0.3, 0.4) is 0 Å². The molecule has 0 atom stereocenters. The van der Waals surface area contributed by atoms with Gasteiger partial charge >= 0.3 is 10.1 Å². The van der Waals surface area contributed by atoms with E-state index in [1.165, 1.54) is 6.07 Å². The lowest BCUT2D eigenvalue weighted by Crippen LogP contribution is -2.11. The van der Waals surface area contributed by atoms with Crippen LogP contribution in [0, 0.1) is 17.0 Å². The number of hydrogen-bond donors (Lipinski definition) is 1. The number of para-hydroxylation sites is 1. The number of fused-ring (bicyclic) bond motifs is 1. The quantitative estimate of drug-likeness (QED) is 0.138. The smallest absolute Gasteiger partial charge is 0.339 e. The van der Waals surface area contributed by atoms with E-state index in [9.17, 15) is 18.5 Å². The van der Waals surface area contributed by atoms with Crippen LogP contribution in [-0.2, 0) is 16.7 Å². The predicted molar refractivity (Wildman–Crippen MR) is 145 cm³/mol. The van der Waals surface area contributed by atoms with E-state index < -0.39 is 25.6 Å². The first-order valence-electron chi connectivity index (χ1n) is 11.5. The number of hydrogen-bond acceptors (Lipinski definition) is 7. The number of nitro groups is 1. The van der Waals surface area contributed by atoms with Crippen LogP contribution in [0.25, 0.3) is 16.9 Å². The minimum absolute atomic E-state index is 0.0213. The van der Waals surface area contributed by atoms with Gasteiger partial charge in [0.15, 0.2) is 5.75 Å². The number of nitrogens with zero attached hydrogens (tertiary/aromatic N) is 3. The van der Waals surface area contributed by atoms with Crippen LogP contribution in [0.2, 0.25) is 5.02 Å². The van der Waals surface area contributed by atoms with Crippen molar-refractivity contribution in [2.24, 2.45) is 0 Å². The lowest BCUT2D eigenvalue weighted by atomic mass is 10.1. The van der Waals surface area contributed by atoms with Crippen molar-refractivity contribution in [2.75, 3.05) is 5.32 Å². The van der Waals surface area contributed by atoms with Gasteiger partial charge in [-0.1, -0.05) is 54.1 Å². The molecule has 5 rings (SSSR count). The molecule has 0 amide bonds. The zero-order valence-electron chi connectivity index (χ0n) is 20.0. The third-order valence-electron chi connectivity index (χ3n) is 5.83. The summed E-state index contributed by atoms with van der Waals surface area (Å²) in [4.78, 5) is 14.9. The SMILES string of the molecule is Cc1ccn2c(NCc3ccccc3)c(-c3ccccc3OS(=O)(=O)c3ccc(Cl)c([N+](=O)[O-])c3)nc2c1. The number of rotatable bonds is 8. The Morgan fingerprint density at radius 2 is 1.76 bits per heavy atom. The van der Waals surface area contributed by atoms with Crippen LogP contribution in [-0.4, -0.2) is 22.7 Å². The zero-order valence-corrected chi connectivity index (χ0v) is 21.6. The number of aromatic nitrogens is 2. The molecule has 0 aliphatic rings. The molecule has 9 nitrogen and oxygen atoms in total. The molecule has 1 N–H and O–H groups in total. The van der Waals surface area contributed by atoms with Gasteiger partial charge in [0, 0.05) is 24.4 Å². The second-order valence-corrected chi connectivity index (χ2v) is 10.4. The molecular formula is C27H21ClN4O5S. The molecule has 38 heavy (non-hydrogen) atoms. The fourth-order valence-electron chi connectivity index (χ4n) is 3.97. The van der Waals surface area contributed by atoms with Gasteiger partial charge in [-0.3, -0.25) is 14.5 Å². The molecule has 0 radical (unpaired) electrons. The van der Waals surface area contributed by atoms with E-state index in [0.29, 0.717) is 29.3 Å². The number of anilines is 1. The topological polar surface area (TPSA) is 116 Å². The maximum Gasteiger partial charge on any atom is 0.339 e. The van der Waals surface area contributed by atoms with Gasteiger partial charge in [0.2, 0.25) is 0 Å². The molecule has 3 aromatic carbocycles. The number of pyridine rings is 1. The molecule has 0 aliphatic carbocycles. The van der Waals surface area contributed by atoms with Gasteiger partial charge in [-0.25, -0.2) is 4.98 Å². The maximum atomic E-state index is 13.2. The van der Waals surface area contributed by atoms with E-state index in [0.717, 1.165) is 29.3 Å². The van der Waals surface area contributed by atoms with E-state index in [2.05, 4.69) is 5.32 Å². The van der Waals surface area contributed by atoms with Crippen molar-refractivity contribution >= 4 is 38.9 Å². The van der Waals surface area contributed by atoms with Gasteiger partial charge in [-0.2, -0.15) is 8.42 Å². The molecule has 2 aromatic heterocycles. The molecule has 5 aromatic rings. The van der Waals surface area contributed by atoms with Crippen molar-refractivity contribution in [3.8, 4) is 17.0 Å². The fourth-order valence-corrected chi connectivity index (χ4v) is 5.13. The molecule has 0 saturated carbocycles. The normalized spacial score (nSPS) is 11.4. The highest BCUT2D eigenvalue weighted by Crippen LogP contribution is 2.37. The molecule has 0 fully saturated rings. The van der Waals surface area contributed by atoms with Gasteiger partial charge in [0.25, 0.3) is 5.69 Å². The zero-order chi connectivity index (χ0) is 26.9. The van der Waals surface area contributed by atoms with Crippen LogP contribution in [0.15, 0.2) is 96.0 Å². The molecular weight excluding hydrogens is 528 g/mol. The summed E-state index contributed by atoms with van der Waals surface area (Å²) in [6.45, 7) is 2.46. The first-order chi connectivity index (χ1) is 18.2. The van der Waals surface area contributed by atoms with Gasteiger partial charge in [0.1, 0.15) is 27.1 Å². The van der Waals surface area contributed by atoms with Crippen molar-refractivity contribution in [3.05, 3.63) is 117 Å². The highest BCUT2D eigenvalue weighted by atomic mass is 35.5. The second kappa shape index (κ2) is 10.2. The summed E-state index contributed by atoms with van der Waals surface area (Å²) >= 11 is 5.85. The van der Waals surface area contributed by atoms with Gasteiger partial charge < -0.3 is 9.50 Å². The minimum atomic E-state index is -4.44. The maximum absolute atomic E-state index is 13.2. The minimum Gasteiger partial charge on any atom is -0.378 e. The van der Waals surface area contributed by atoms with Crippen LogP contribution < -0.4 is 9.50 Å². The van der Waals surface area contributed by atoms with Gasteiger partial charge in [0.05, 0.1) is 4.92 Å². The van der Waals surface area contributed by atoms with Crippen molar-refractivity contribution in [1.82, 2.24) is 9.38 Å². The Balaban J connectivity index is 1.58. The van der Waals surface area contributed by atoms with Crippen LogP contribution >= 0.6 is 11.6 Å². The third kappa shape index (κ3) is 5.04. The number of imidazole rings is 1. The van der Waals surface area contributed by atoms with Gasteiger partial charge in [-0.05, 0) is 54.4 Å². The second-order valence-electron chi connectivity index (χ2n) is 8.48. The molecule has 11 heteroatoms. The van der Waals surface area contributed by atoms with E-state index in [4.69, 9.17) is 20.8 Å². The lowest BCUT2D eigenvalue weighted by molar-refractivity contribution is -0.384. The van der Waals surface area contributed by atoms with Crippen molar-refractivity contribution in [1.29, 1.82) is 0 Å². The molecule has 0 spiro atoms. The number of aryl methyl sites for hydroxylation is 1. The average molecular weight is 549 g/mol. The highest BCUT2D eigenvalue weighted by Gasteiger charge is 2.25. The van der Waals surface area contributed by atoms with Crippen molar-refractivity contribution in [3.63, 3.8) is 0 Å². The van der Waals surface area contributed by atoms with E-state index in [1.807, 2.05) is 60.0 Å². The van der Waals surface area contributed by atoms with Crippen LogP contribution in [0.5, 0.6) is 5.75 Å². The van der Waals surface area contributed by atoms with Crippen molar-refractivity contribution in [2.45, 2.75) is 18.4 Å². The molecule has 2 heterocycles. The van der Waals surface area contributed by atoms with Crippen molar-refractivity contribution < 1.29 is 17.5 Å². The first-order valence-corrected chi connectivity index (χ1v) is 13.3. The summed E-state index contributed by atoms with van der Waals surface area (Å²) < 4.78 is 33.7. The Hall–Kier alpha value is -4.41. The molecule has 0 bridgehead atoms. The first kappa shape index (κ1) is 25.2. The summed E-state index contributed by atoms with van der Waals surface area (Å²) in [5, 5.41) is 14.5. The summed E-state index contributed by atoms with van der Waals surface area (Å²) in [7, 11) is -4.44. The van der Waals surface area contributed by atoms with E-state index in [-0.39, 0.29) is 10.8 Å². The Morgan fingerprint density at radius 3 is 2.53 bits per heavy atom. The predicted octanol–water partition coefficient (Wildman–Crippen LogP) is 6.25. The summed E-state index contributed by atoms with van der Waals surface area (Å²) in [5.41, 5.74) is 3.11. The average Bonchev–Trinajstić information content (AvgIpc) is 3.25. The number of nitro benzene ring substituents is 1. The Kier molecular flexibility index (Phi) is 6.75. The summed E-state index contributed by atoms with van der Waals surface area (Å²) in [6, 6.07) is 23.5. The van der Waals surface area contributed by atoms with Crippen LogP contribution in [0.4, 0.5) is 11.5 Å². The Labute approximate surface area is 223 Å². The Bertz CT molecular complexity index is 1770. The summed E-state index contributed by atoms with van der Waals surface area (Å²) in [6.07, 6.45) is 1.89. The molecule has 192 valence electrons. The monoisotopic (exact) mass is 548 g/mol. The van der Waals surface area contributed by atoms with Gasteiger partial charge in [-0.15, -0.1) is 0 Å². The van der Waals surface area contributed by atoms with E-state index in [1.54, 1.807) is 18.2 Å². The molecule has 0 unspecified atom stereocenters. The molecule has 0 aliphatic heterocycles. The number of benzene rings is 3. The summed E-state index contributed by atoms with van der Waals surface area (Å²) in [5.74, 6) is 0.674.